The highest BCUT2D eigenvalue weighted by molar-refractivity contribution is 14.1. The minimum Gasteiger partial charge on any atom is -0.0966 e. The molecule has 0 amide bonds. The largest absolute Gasteiger partial charge is 0.0966 e. The molecular formula is C4H14Br2Cl2I2. The number of hydrogen-bond acceptors (Lipinski definition) is 0. The van der Waals surface area contributed by atoms with Gasteiger partial charge in [-0.1, -0.05) is 53.4 Å². The van der Waals surface area contributed by atoms with Gasteiger partial charge in [-0.15, -0.1) is 0 Å². The zero-order valence-corrected chi connectivity index (χ0v) is 13.3. The maximum Gasteiger partial charge on any atom is 0.0425 e. The Balaban J connectivity index is -0.00000000500. The first kappa shape index (κ1) is 38.2. The lowest BCUT2D eigenvalue weighted by atomic mass is 12.0. The molecule has 0 unspecified atom stereocenters. The molecule has 6 heteroatoms. The third-order valence-electron chi connectivity index (χ3n) is 0. The van der Waals surface area contributed by atoms with Crippen molar-refractivity contribution in [3.63, 3.8) is 0 Å². The highest BCUT2D eigenvalue weighted by Crippen LogP contribution is 1.79. The van der Waals surface area contributed by atoms with E-state index in [-0.39, 0.29) is 14.9 Å². The summed E-state index contributed by atoms with van der Waals surface area (Å²) < 4.78 is 0. The van der Waals surface area contributed by atoms with E-state index in [0.717, 1.165) is 0 Å². The molecule has 0 aromatic rings. The lowest BCUT2D eigenvalue weighted by molar-refractivity contribution is 2.50. The molecule has 10 heavy (non-hydrogen) atoms. The van der Waals surface area contributed by atoms with Crippen LogP contribution in [-0.2, 0) is 0 Å². The standard InChI is InChI=1S/CH3Br.CH3I.2CH4.BrCl.ClI/c2*1-2;;;2*1-2/h2*1H3;2*1H4;;. The number of hydrogen-bond donors (Lipinski definition) is 0. The Bertz CT molecular complexity index is 19.2. The monoisotopic (exact) mass is 544 g/mol. The van der Waals surface area contributed by atoms with Gasteiger partial charge < -0.3 is 0 Å². The molecule has 0 heterocycles. The molecular weight excluding hydrogens is 533 g/mol. The summed E-state index contributed by atoms with van der Waals surface area (Å²) in [5.74, 6) is 1.81. The molecule has 0 aliphatic rings. The molecule has 0 saturated heterocycles. The van der Waals surface area contributed by atoms with E-state index in [4.69, 9.17) is 0 Å². The van der Waals surface area contributed by atoms with E-state index in [1.165, 1.54) is 0 Å². The van der Waals surface area contributed by atoms with Crippen molar-refractivity contribution in [1.82, 2.24) is 0 Å². The maximum absolute atomic E-state index is 4.61. The Morgan fingerprint density at radius 3 is 0.900 bits per heavy atom. The van der Waals surface area contributed by atoms with Crippen LogP contribution in [-0.4, -0.2) is 10.8 Å². The van der Waals surface area contributed by atoms with Gasteiger partial charge in [0.25, 0.3) is 0 Å². The van der Waals surface area contributed by atoms with Crippen molar-refractivity contribution in [1.29, 1.82) is 0 Å². The van der Waals surface area contributed by atoms with Gasteiger partial charge in [-0.25, -0.2) is 0 Å². The summed E-state index contributed by atoms with van der Waals surface area (Å²) in [6.07, 6.45) is 0. The second-order valence-electron chi connectivity index (χ2n) is 0. The quantitative estimate of drug-likeness (QED) is 0.242. The van der Waals surface area contributed by atoms with E-state index in [9.17, 15) is 0 Å². The van der Waals surface area contributed by atoms with Crippen molar-refractivity contribution in [3.8, 4) is 0 Å². The summed E-state index contributed by atoms with van der Waals surface area (Å²) in [5.41, 5.74) is 0. The van der Waals surface area contributed by atoms with Crippen LogP contribution in [0, 0.1) is 0 Å². The van der Waals surface area contributed by atoms with Crippen molar-refractivity contribution in [3.05, 3.63) is 0 Å². The first-order valence-corrected chi connectivity index (χ1v) is 9.60. The van der Waals surface area contributed by atoms with Gasteiger partial charge in [0, 0.05) is 36.5 Å². The molecule has 0 saturated carbocycles. The Morgan fingerprint density at radius 2 is 0.900 bits per heavy atom. The van der Waals surface area contributed by atoms with E-state index in [1.54, 1.807) is 21.5 Å². The topological polar surface area (TPSA) is 0 Å². The SMILES string of the molecule is C.C.CBr.CI.ClBr.ClI. The summed E-state index contributed by atoms with van der Waals surface area (Å²) in [6, 6.07) is 0. The first-order valence-electron chi connectivity index (χ1n) is 1.04. The van der Waals surface area contributed by atoms with Crippen LogP contribution < -0.4 is 0 Å². The van der Waals surface area contributed by atoms with Gasteiger partial charge in [-0.2, -0.15) is 0 Å². The van der Waals surface area contributed by atoms with Crippen LogP contribution in [0.2, 0.25) is 0 Å². The van der Waals surface area contributed by atoms with E-state index >= 15 is 0 Å². The predicted molar refractivity (Wildman–Crippen MR) is 82.9 cm³/mol. The molecule has 0 rings (SSSR count). The minimum absolute atomic E-state index is 0. The zero-order valence-electron chi connectivity index (χ0n) is 4.27. The smallest absolute Gasteiger partial charge is 0.0425 e. The van der Waals surface area contributed by atoms with Gasteiger partial charge >= 0.3 is 0 Å². The number of halogens is 6. The van der Waals surface area contributed by atoms with Crippen molar-refractivity contribution < 1.29 is 0 Å². The van der Waals surface area contributed by atoms with Crippen LogP contribution in [0.15, 0.2) is 0 Å². The third-order valence-corrected chi connectivity index (χ3v) is 0. The van der Waals surface area contributed by atoms with Gasteiger partial charge in [0.1, 0.15) is 0 Å². The Labute approximate surface area is 118 Å². The van der Waals surface area contributed by atoms with Crippen LogP contribution in [0.4, 0.5) is 0 Å². The molecule has 72 valence electrons. The van der Waals surface area contributed by atoms with Crippen molar-refractivity contribution in [2.24, 2.45) is 0 Å². The molecule has 0 aromatic heterocycles. The Hall–Kier alpha value is 3.00. The maximum atomic E-state index is 4.61. The Morgan fingerprint density at radius 1 is 0.900 bits per heavy atom. The zero-order chi connectivity index (χ0) is 8.00. The fourth-order valence-corrected chi connectivity index (χ4v) is 0. The predicted octanol–water partition coefficient (Wildman–Crippen LogP) is 6.44. The lowest BCUT2D eigenvalue weighted by Gasteiger charge is -1.05. The van der Waals surface area contributed by atoms with Crippen molar-refractivity contribution in [2.75, 3.05) is 10.8 Å². The second-order valence-corrected chi connectivity index (χ2v) is 0. The molecule has 0 aliphatic heterocycles. The molecule has 0 aromatic carbocycles. The van der Waals surface area contributed by atoms with E-state index in [2.05, 4.69) is 72.6 Å². The van der Waals surface area contributed by atoms with Crippen LogP contribution >= 0.6 is 94.0 Å². The van der Waals surface area contributed by atoms with Gasteiger partial charge in [0.05, 0.1) is 0 Å². The average molecular weight is 547 g/mol. The molecule has 0 aliphatic carbocycles. The first-order chi connectivity index (χ1) is 4.00. The van der Waals surface area contributed by atoms with Gasteiger partial charge in [0.2, 0.25) is 0 Å². The second kappa shape index (κ2) is 161. The lowest BCUT2D eigenvalue weighted by Crippen LogP contribution is -0.808. The summed E-state index contributed by atoms with van der Waals surface area (Å²) in [5, 5.41) is 0. The molecule has 0 atom stereocenters. The summed E-state index contributed by atoms with van der Waals surface area (Å²) >= 11 is 9.12. The summed E-state index contributed by atoms with van der Waals surface area (Å²) in [6.45, 7) is 0. The molecule has 0 fully saturated rings. The summed E-state index contributed by atoms with van der Waals surface area (Å²) in [7, 11) is 9.06. The van der Waals surface area contributed by atoms with E-state index < -0.39 is 0 Å². The number of rotatable bonds is 0. The molecule has 0 radical (unpaired) electrons. The van der Waals surface area contributed by atoms with E-state index in [0.29, 0.717) is 0 Å². The van der Waals surface area contributed by atoms with Gasteiger partial charge in [-0.05, 0) is 29.8 Å². The average Bonchev–Trinajstić information content (AvgIpc) is 2.03. The normalized spacial score (nSPS) is 2.40. The van der Waals surface area contributed by atoms with Crippen LogP contribution in [0.3, 0.4) is 0 Å². The molecule has 0 N–H and O–H groups in total. The molecule has 0 spiro atoms. The molecule has 0 bridgehead atoms. The van der Waals surface area contributed by atoms with Crippen molar-refractivity contribution >= 4 is 94.0 Å². The minimum atomic E-state index is 0. The summed E-state index contributed by atoms with van der Waals surface area (Å²) in [4.78, 5) is 1.97. The highest BCUT2D eigenvalue weighted by Gasteiger charge is 1.00. The third kappa shape index (κ3) is 122. The fraction of sp³-hybridized carbons (Fsp3) is 1.00. The van der Waals surface area contributed by atoms with E-state index in [1.807, 2.05) is 10.8 Å². The Kier molecular flexibility index (Phi) is 616. The number of alkyl halides is 2. The highest BCUT2D eigenvalue weighted by atomic mass is 127. The fourth-order valence-electron chi connectivity index (χ4n) is 0. The van der Waals surface area contributed by atoms with Gasteiger partial charge in [-0.3, -0.25) is 0 Å². The van der Waals surface area contributed by atoms with Crippen molar-refractivity contribution in [2.45, 2.75) is 14.9 Å². The van der Waals surface area contributed by atoms with Crippen LogP contribution in [0.5, 0.6) is 0 Å². The van der Waals surface area contributed by atoms with Crippen LogP contribution in [0.25, 0.3) is 0 Å². The van der Waals surface area contributed by atoms with Crippen LogP contribution in [0.1, 0.15) is 14.9 Å². The van der Waals surface area contributed by atoms with Gasteiger partial charge in [0.15, 0.2) is 0 Å². The molecule has 0 nitrogen and oxygen atoms in total.